The Hall–Kier alpha value is -0.990. The fourth-order valence-electron chi connectivity index (χ4n) is 0.853. The van der Waals surface area contributed by atoms with Crippen LogP contribution in [-0.2, 0) is 4.79 Å². The summed E-state index contributed by atoms with van der Waals surface area (Å²) < 4.78 is 0. The van der Waals surface area contributed by atoms with E-state index in [4.69, 9.17) is 5.11 Å². The van der Waals surface area contributed by atoms with Crippen LogP contribution in [0.5, 0.6) is 0 Å². The molecule has 0 spiro atoms. The first kappa shape index (κ1) is 11.0. The van der Waals surface area contributed by atoms with Crippen LogP contribution in [0, 0.1) is 0 Å². The van der Waals surface area contributed by atoms with Crippen LogP contribution in [0.1, 0.15) is 39.5 Å². The van der Waals surface area contributed by atoms with Gasteiger partial charge in [0.1, 0.15) is 5.76 Å². The molecule has 0 rings (SSSR count). The third-order valence-corrected chi connectivity index (χ3v) is 1.77. The number of aliphatic hydroxyl groups excluding tert-OH is 1. The standard InChI is InChI=1S/C9H16O3/c1-3-4-5-6-8(10)7(2)9(11)12/h10H,3-6H2,1-2H3,(H,11,12). The molecule has 0 atom stereocenters. The Balaban J connectivity index is 3.91. The molecular weight excluding hydrogens is 156 g/mol. The third kappa shape index (κ3) is 4.01. The fourth-order valence-corrected chi connectivity index (χ4v) is 0.853. The smallest absolute Gasteiger partial charge is 0.334 e. The highest BCUT2D eigenvalue weighted by molar-refractivity contribution is 5.86. The van der Waals surface area contributed by atoms with Crippen molar-refractivity contribution in [2.75, 3.05) is 0 Å². The van der Waals surface area contributed by atoms with E-state index >= 15 is 0 Å². The maximum atomic E-state index is 10.4. The molecule has 0 unspecified atom stereocenters. The quantitative estimate of drug-likeness (QED) is 0.380. The van der Waals surface area contributed by atoms with Gasteiger partial charge in [-0.3, -0.25) is 0 Å². The van der Waals surface area contributed by atoms with Gasteiger partial charge >= 0.3 is 5.97 Å². The van der Waals surface area contributed by atoms with E-state index in [2.05, 4.69) is 6.92 Å². The molecule has 0 aromatic heterocycles. The molecule has 2 N–H and O–H groups in total. The summed E-state index contributed by atoms with van der Waals surface area (Å²) in [7, 11) is 0. The van der Waals surface area contributed by atoms with Crippen LogP contribution in [-0.4, -0.2) is 16.2 Å². The van der Waals surface area contributed by atoms with Gasteiger partial charge in [0.25, 0.3) is 0 Å². The molecule has 0 radical (unpaired) electrons. The molecule has 0 aliphatic carbocycles. The molecule has 0 aromatic carbocycles. The van der Waals surface area contributed by atoms with E-state index in [-0.39, 0.29) is 11.3 Å². The van der Waals surface area contributed by atoms with Gasteiger partial charge in [-0.1, -0.05) is 19.8 Å². The first-order valence-corrected chi connectivity index (χ1v) is 4.21. The number of aliphatic carboxylic acids is 1. The Bertz CT molecular complexity index is 182. The molecule has 70 valence electrons. The maximum Gasteiger partial charge on any atom is 0.334 e. The number of allylic oxidation sites excluding steroid dienone is 1. The lowest BCUT2D eigenvalue weighted by atomic mass is 10.1. The van der Waals surface area contributed by atoms with Crippen LogP contribution in [0.4, 0.5) is 0 Å². The van der Waals surface area contributed by atoms with Gasteiger partial charge in [0.05, 0.1) is 5.57 Å². The van der Waals surface area contributed by atoms with Gasteiger partial charge in [-0.05, 0) is 13.3 Å². The van der Waals surface area contributed by atoms with Crippen molar-refractivity contribution in [1.82, 2.24) is 0 Å². The molecule has 0 aliphatic heterocycles. The second kappa shape index (κ2) is 5.63. The number of carboxylic acids is 1. The van der Waals surface area contributed by atoms with E-state index in [1.165, 1.54) is 6.92 Å². The van der Waals surface area contributed by atoms with Crippen molar-refractivity contribution in [3.63, 3.8) is 0 Å². The first-order valence-electron chi connectivity index (χ1n) is 4.21. The van der Waals surface area contributed by atoms with Crippen LogP contribution in [0.3, 0.4) is 0 Å². The van der Waals surface area contributed by atoms with Gasteiger partial charge in [-0.25, -0.2) is 4.79 Å². The van der Waals surface area contributed by atoms with Crippen molar-refractivity contribution in [2.45, 2.75) is 39.5 Å². The topological polar surface area (TPSA) is 57.5 Å². The van der Waals surface area contributed by atoms with Crippen LogP contribution in [0.2, 0.25) is 0 Å². The van der Waals surface area contributed by atoms with Gasteiger partial charge in [-0.15, -0.1) is 0 Å². The molecule has 12 heavy (non-hydrogen) atoms. The average molecular weight is 172 g/mol. The number of rotatable bonds is 5. The molecule has 0 aromatic rings. The zero-order chi connectivity index (χ0) is 9.56. The van der Waals surface area contributed by atoms with E-state index in [1.807, 2.05) is 0 Å². The fraction of sp³-hybridized carbons (Fsp3) is 0.667. The van der Waals surface area contributed by atoms with Crippen molar-refractivity contribution >= 4 is 5.97 Å². The van der Waals surface area contributed by atoms with Crippen LogP contribution >= 0.6 is 0 Å². The SMILES string of the molecule is CCCCCC(O)=C(C)C(=O)O. The molecule has 3 heteroatoms. The van der Waals surface area contributed by atoms with E-state index in [9.17, 15) is 9.90 Å². The monoisotopic (exact) mass is 172 g/mol. The lowest BCUT2D eigenvalue weighted by molar-refractivity contribution is -0.132. The lowest BCUT2D eigenvalue weighted by Gasteiger charge is -2.01. The van der Waals surface area contributed by atoms with E-state index in [1.54, 1.807) is 0 Å². The summed E-state index contributed by atoms with van der Waals surface area (Å²) in [6.07, 6.45) is 3.43. The van der Waals surface area contributed by atoms with Gasteiger partial charge in [0.15, 0.2) is 0 Å². The Morgan fingerprint density at radius 2 is 1.83 bits per heavy atom. The number of unbranched alkanes of at least 4 members (excludes halogenated alkanes) is 2. The zero-order valence-electron chi connectivity index (χ0n) is 7.63. The van der Waals surface area contributed by atoms with Crippen molar-refractivity contribution < 1.29 is 15.0 Å². The van der Waals surface area contributed by atoms with Crippen molar-refractivity contribution in [2.24, 2.45) is 0 Å². The number of carbonyl (C=O) groups is 1. The molecule has 3 nitrogen and oxygen atoms in total. The highest BCUT2D eigenvalue weighted by atomic mass is 16.4. The average Bonchev–Trinajstić information content (AvgIpc) is 2.03. The molecule has 0 amide bonds. The number of carboxylic acid groups (broad SMARTS) is 1. The second-order valence-corrected chi connectivity index (χ2v) is 2.83. The summed E-state index contributed by atoms with van der Waals surface area (Å²) in [6, 6.07) is 0. The van der Waals surface area contributed by atoms with Crippen LogP contribution < -0.4 is 0 Å². The molecule has 0 saturated heterocycles. The summed E-state index contributed by atoms with van der Waals surface area (Å²) in [4.78, 5) is 10.4. The number of aliphatic hydroxyl groups is 1. The molecule has 0 fully saturated rings. The number of hydrogen-bond donors (Lipinski definition) is 2. The van der Waals surface area contributed by atoms with Gasteiger partial charge in [0.2, 0.25) is 0 Å². The normalized spacial score (nSPS) is 12.5. The Morgan fingerprint density at radius 3 is 2.25 bits per heavy atom. The van der Waals surface area contributed by atoms with E-state index in [0.717, 1.165) is 19.3 Å². The minimum Gasteiger partial charge on any atom is -0.512 e. The molecule has 0 aliphatic rings. The first-order chi connectivity index (χ1) is 5.59. The summed E-state index contributed by atoms with van der Waals surface area (Å²) in [6.45, 7) is 3.48. The van der Waals surface area contributed by atoms with E-state index < -0.39 is 5.97 Å². The molecule has 0 bridgehead atoms. The largest absolute Gasteiger partial charge is 0.512 e. The Labute approximate surface area is 72.7 Å². The van der Waals surface area contributed by atoms with E-state index in [0.29, 0.717) is 6.42 Å². The summed E-state index contributed by atoms with van der Waals surface area (Å²) >= 11 is 0. The summed E-state index contributed by atoms with van der Waals surface area (Å²) in [5, 5.41) is 17.7. The maximum absolute atomic E-state index is 10.4. The van der Waals surface area contributed by atoms with Crippen molar-refractivity contribution in [3.05, 3.63) is 11.3 Å². The predicted molar refractivity (Wildman–Crippen MR) is 47.1 cm³/mol. The summed E-state index contributed by atoms with van der Waals surface area (Å²) in [5.74, 6) is -1.03. The molecule has 0 heterocycles. The third-order valence-electron chi connectivity index (χ3n) is 1.77. The van der Waals surface area contributed by atoms with Gasteiger partial charge < -0.3 is 10.2 Å². The van der Waals surface area contributed by atoms with Crippen LogP contribution in [0.15, 0.2) is 11.3 Å². The van der Waals surface area contributed by atoms with Crippen LogP contribution in [0.25, 0.3) is 0 Å². The zero-order valence-corrected chi connectivity index (χ0v) is 7.63. The lowest BCUT2D eigenvalue weighted by Crippen LogP contribution is -2.00. The minimum absolute atomic E-state index is 0.0101. The van der Waals surface area contributed by atoms with Crippen molar-refractivity contribution in [1.29, 1.82) is 0 Å². The van der Waals surface area contributed by atoms with Gasteiger partial charge in [0, 0.05) is 6.42 Å². The molecule has 0 saturated carbocycles. The highest BCUT2D eigenvalue weighted by Gasteiger charge is 2.06. The van der Waals surface area contributed by atoms with Crippen molar-refractivity contribution in [3.8, 4) is 0 Å². The number of hydrogen-bond acceptors (Lipinski definition) is 2. The molecular formula is C9H16O3. The highest BCUT2D eigenvalue weighted by Crippen LogP contribution is 2.10. The predicted octanol–water partition coefficient (Wildman–Crippen LogP) is 2.48. The Morgan fingerprint density at radius 1 is 1.25 bits per heavy atom. The van der Waals surface area contributed by atoms with Gasteiger partial charge in [-0.2, -0.15) is 0 Å². The second-order valence-electron chi connectivity index (χ2n) is 2.83. The minimum atomic E-state index is -1.04. The summed E-state index contributed by atoms with van der Waals surface area (Å²) in [5.41, 5.74) is 0.0612. The Kier molecular flexibility index (Phi) is 5.17.